The summed E-state index contributed by atoms with van der Waals surface area (Å²) in [5, 5.41) is 9.67. The first-order valence-corrected chi connectivity index (χ1v) is 7.32. The van der Waals surface area contributed by atoms with E-state index in [0.29, 0.717) is 12.6 Å². The average Bonchev–Trinajstić information content (AvgIpc) is 2.91. The molecule has 0 amide bonds. The molecule has 1 N–H and O–H groups in total. The lowest BCUT2D eigenvalue weighted by Crippen LogP contribution is -2.36. The van der Waals surface area contributed by atoms with Crippen LogP contribution in [0, 0.1) is 0 Å². The van der Waals surface area contributed by atoms with Crippen LogP contribution in [0.5, 0.6) is 5.75 Å². The highest BCUT2D eigenvalue weighted by atomic mass is 16.5. The first-order valence-electron chi connectivity index (χ1n) is 7.32. The van der Waals surface area contributed by atoms with Gasteiger partial charge in [0.05, 0.1) is 19.3 Å². The molecule has 1 aromatic rings. The van der Waals surface area contributed by atoms with E-state index in [1.54, 1.807) is 7.11 Å². The highest BCUT2D eigenvalue weighted by Gasteiger charge is 2.20. The van der Waals surface area contributed by atoms with Crippen molar-refractivity contribution in [2.45, 2.75) is 38.5 Å². The summed E-state index contributed by atoms with van der Waals surface area (Å²) in [6.45, 7) is 5.04. The van der Waals surface area contributed by atoms with Crippen molar-refractivity contribution in [3.05, 3.63) is 29.8 Å². The molecule has 1 aromatic carbocycles. The number of rotatable bonds is 7. The number of methoxy groups -OCH3 is 1. The Morgan fingerprint density at radius 1 is 1.50 bits per heavy atom. The van der Waals surface area contributed by atoms with Crippen molar-refractivity contribution >= 4 is 0 Å². The van der Waals surface area contributed by atoms with Gasteiger partial charge in [0.2, 0.25) is 0 Å². The first-order chi connectivity index (χ1) is 9.67. The number of aliphatic hydroxyl groups excluding tert-OH is 1. The number of hydrogen-bond donors (Lipinski definition) is 1. The summed E-state index contributed by atoms with van der Waals surface area (Å²) < 4.78 is 11.0. The Labute approximate surface area is 121 Å². The fourth-order valence-corrected chi connectivity index (χ4v) is 2.68. The van der Waals surface area contributed by atoms with Gasteiger partial charge in [0.25, 0.3) is 0 Å². The van der Waals surface area contributed by atoms with E-state index < -0.39 is 0 Å². The number of ether oxygens (including phenoxy) is 2. The van der Waals surface area contributed by atoms with Gasteiger partial charge < -0.3 is 14.6 Å². The fourth-order valence-electron chi connectivity index (χ4n) is 2.68. The molecular formula is C16H25NO3. The molecular weight excluding hydrogens is 254 g/mol. The van der Waals surface area contributed by atoms with Crippen LogP contribution in [0.15, 0.2) is 24.3 Å². The molecule has 0 radical (unpaired) electrons. The Balaban J connectivity index is 1.97. The average molecular weight is 279 g/mol. The Kier molecular flexibility index (Phi) is 5.83. The van der Waals surface area contributed by atoms with Gasteiger partial charge in [-0.1, -0.05) is 12.1 Å². The first kappa shape index (κ1) is 15.3. The Morgan fingerprint density at radius 3 is 3.00 bits per heavy atom. The zero-order valence-corrected chi connectivity index (χ0v) is 12.4. The minimum atomic E-state index is -0.331. The van der Waals surface area contributed by atoms with Gasteiger partial charge in [-0.25, -0.2) is 0 Å². The number of nitrogens with zero attached hydrogens (tertiary/aromatic N) is 1. The largest absolute Gasteiger partial charge is 0.497 e. The van der Waals surface area contributed by atoms with Gasteiger partial charge in [-0.2, -0.15) is 0 Å². The monoisotopic (exact) mass is 279 g/mol. The molecule has 0 bridgehead atoms. The smallest absolute Gasteiger partial charge is 0.119 e. The van der Waals surface area contributed by atoms with Gasteiger partial charge in [-0.15, -0.1) is 0 Å². The van der Waals surface area contributed by atoms with Gasteiger partial charge >= 0.3 is 0 Å². The van der Waals surface area contributed by atoms with Crippen molar-refractivity contribution in [1.82, 2.24) is 4.90 Å². The van der Waals surface area contributed by atoms with Gasteiger partial charge in [0.15, 0.2) is 0 Å². The Morgan fingerprint density at radius 2 is 2.35 bits per heavy atom. The van der Waals surface area contributed by atoms with E-state index in [-0.39, 0.29) is 6.10 Å². The standard InChI is InChI=1S/C16H25NO3/c1-13(18)10-17(12-16-7-4-8-20-16)11-14-5-3-6-15(9-14)19-2/h3,5-6,9,13,16,18H,4,7-8,10-12H2,1-2H3. The predicted octanol–water partition coefficient (Wildman–Crippen LogP) is 2.06. The number of hydrogen-bond acceptors (Lipinski definition) is 4. The summed E-state index contributed by atoms with van der Waals surface area (Å²) >= 11 is 0. The van der Waals surface area contributed by atoms with Gasteiger partial charge in [-0.3, -0.25) is 4.90 Å². The summed E-state index contributed by atoms with van der Waals surface area (Å²) in [6, 6.07) is 8.08. The van der Waals surface area contributed by atoms with E-state index >= 15 is 0 Å². The third-order valence-corrected chi connectivity index (χ3v) is 3.55. The SMILES string of the molecule is COc1cccc(CN(CC(C)O)CC2CCCO2)c1. The van der Waals surface area contributed by atoms with Crippen LogP contribution in [0.4, 0.5) is 0 Å². The summed E-state index contributed by atoms with van der Waals surface area (Å²) in [5.41, 5.74) is 1.20. The van der Waals surface area contributed by atoms with E-state index in [4.69, 9.17) is 9.47 Å². The van der Waals surface area contributed by atoms with Crippen LogP contribution >= 0.6 is 0 Å². The summed E-state index contributed by atoms with van der Waals surface area (Å²) in [6.07, 6.45) is 2.24. The molecule has 0 aromatic heterocycles. The summed E-state index contributed by atoms with van der Waals surface area (Å²) in [5.74, 6) is 0.872. The van der Waals surface area contributed by atoms with E-state index in [1.807, 2.05) is 25.1 Å². The van der Waals surface area contributed by atoms with E-state index in [0.717, 1.165) is 38.3 Å². The third-order valence-electron chi connectivity index (χ3n) is 3.55. The second-order valence-electron chi connectivity index (χ2n) is 5.53. The van der Waals surface area contributed by atoms with Crippen molar-refractivity contribution in [2.75, 3.05) is 26.8 Å². The minimum absolute atomic E-state index is 0.305. The van der Waals surface area contributed by atoms with E-state index in [2.05, 4.69) is 11.0 Å². The van der Waals surface area contributed by atoms with Crippen LogP contribution in [0.2, 0.25) is 0 Å². The second-order valence-corrected chi connectivity index (χ2v) is 5.53. The molecule has 1 aliphatic heterocycles. The molecule has 2 rings (SSSR count). The molecule has 0 spiro atoms. The lowest BCUT2D eigenvalue weighted by Gasteiger charge is -2.26. The molecule has 1 fully saturated rings. The third kappa shape index (κ3) is 4.78. The highest BCUT2D eigenvalue weighted by molar-refractivity contribution is 5.28. The molecule has 0 aliphatic carbocycles. The fraction of sp³-hybridized carbons (Fsp3) is 0.625. The molecule has 4 nitrogen and oxygen atoms in total. The van der Waals surface area contributed by atoms with Crippen molar-refractivity contribution in [3.63, 3.8) is 0 Å². The van der Waals surface area contributed by atoms with Crippen LogP contribution in [-0.4, -0.2) is 49.0 Å². The lowest BCUT2D eigenvalue weighted by atomic mass is 10.1. The van der Waals surface area contributed by atoms with Crippen LogP contribution in [0.3, 0.4) is 0 Å². The van der Waals surface area contributed by atoms with Crippen molar-refractivity contribution in [3.8, 4) is 5.75 Å². The van der Waals surface area contributed by atoms with E-state index in [1.165, 1.54) is 5.56 Å². The quantitative estimate of drug-likeness (QED) is 0.829. The predicted molar refractivity (Wildman–Crippen MR) is 78.9 cm³/mol. The molecule has 2 unspecified atom stereocenters. The zero-order chi connectivity index (χ0) is 14.4. The van der Waals surface area contributed by atoms with Crippen LogP contribution in [0.1, 0.15) is 25.3 Å². The molecule has 2 atom stereocenters. The normalized spacial score (nSPS) is 20.3. The second kappa shape index (κ2) is 7.62. The molecule has 4 heteroatoms. The van der Waals surface area contributed by atoms with E-state index in [9.17, 15) is 5.11 Å². The molecule has 1 heterocycles. The van der Waals surface area contributed by atoms with Gasteiger partial charge in [-0.05, 0) is 37.5 Å². The molecule has 1 saturated heterocycles. The minimum Gasteiger partial charge on any atom is -0.497 e. The zero-order valence-electron chi connectivity index (χ0n) is 12.4. The Bertz CT molecular complexity index is 402. The summed E-state index contributed by atoms with van der Waals surface area (Å²) in [7, 11) is 1.68. The van der Waals surface area contributed by atoms with Crippen LogP contribution in [0.25, 0.3) is 0 Å². The maximum absolute atomic E-state index is 9.67. The maximum Gasteiger partial charge on any atom is 0.119 e. The Hall–Kier alpha value is -1.10. The number of benzene rings is 1. The van der Waals surface area contributed by atoms with Crippen LogP contribution in [-0.2, 0) is 11.3 Å². The van der Waals surface area contributed by atoms with Crippen molar-refractivity contribution < 1.29 is 14.6 Å². The van der Waals surface area contributed by atoms with Crippen molar-refractivity contribution in [2.24, 2.45) is 0 Å². The van der Waals surface area contributed by atoms with Crippen LogP contribution < -0.4 is 4.74 Å². The molecule has 1 aliphatic rings. The van der Waals surface area contributed by atoms with Crippen molar-refractivity contribution in [1.29, 1.82) is 0 Å². The van der Waals surface area contributed by atoms with Gasteiger partial charge in [0, 0.05) is 26.2 Å². The number of aliphatic hydroxyl groups is 1. The summed E-state index contributed by atoms with van der Waals surface area (Å²) in [4.78, 5) is 2.26. The topological polar surface area (TPSA) is 41.9 Å². The lowest BCUT2D eigenvalue weighted by molar-refractivity contribution is 0.0504. The molecule has 20 heavy (non-hydrogen) atoms. The highest BCUT2D eigenvalue weighted by Crippen LogP contribution is 2.17. The molecule has 0 saturated carbocycles. The molecule has 112 valence electrons. The maximum atomic E-state index is 9.67. The van der Waals surface area contributed by atoms with Gasteiger partial charge in [0.1, 0.15) is 5.75 Å².